The number of rotatable bonds is 1. The highest BCUT2D eigenvalue weighted by atomic mass is 28.3. The molecule has 3 heteroatoms. The highest BCUT2D eigenvalue weighted by Gasteiger charge is 2.41. The topological polar surface area (TPSA) is 25.7 Å². The minimum absolute atomic E-state index is 0.0628. The Hall–Kier alpha value is -0.983. The van der Waals surface area contributed by atoms with Gasteiger partial charge < -0.3 is 9.15 Å². The van der Waals surface area contributed by atoms with Crippen LogP contribution in [-0.2, 0) is 4.74 Å². The van der Waals surface area contributed by atoms with E-state index in [0.29, 0.717) is 0 Å². The smallest absolute Gasteiger partial charge is 0.154 e. The molecule has 14 heavy (non-hydrogen) atoms. The molecule has 74 valence electrons. The van der Waals surface area contributed by atoms with E-state index in [0.717, 1.165) is 5.76 Å². The summed E-state index contributed by atoms with van der Waals surface area (Å²) in [4.78, 5) is 0. The van der Waals surface area contributed by atoms with E-state index >= 15 is 0 Å². The molecular weight excluding hydrogens is 192 g/mol. The Bertz CT molecular complexity index is 364. The molecule has 1 aliphatic heterocycles. The van der Waals surface area contributed by atoms with Crippen molar-refractivity contribution in [1.29, 1.82) is 0 Å². The number of epoxide rings is 1. The second-order valence-electron chi connectivity index (χ2n) is 4.51. The molecule has 1 aromatic rings. The Labute approximate surface area is 85.3 Å². The van der Waals surface area contributed by atoms with E-state index in [9.17, 15) is 0 Å². The highest BCUT2D eigenvalue weighted by Crippen LogP contribution is 2.38. The first-order valence-electron chi connectivity index (χ1n) is 4.78. The minimum atomic E-state index is -1.27. The second-order valence-corrected chi connectivity index (χ2v) is 9.26. The summed E-state index contributed by atoms with van der Waals surface area (Å²) >= 11 is 0. The van der Waals surface area contributed by atoms with Crippen LogP contribution in [0.1, 0.15) is 11.9 Å². The normalized spacial score (nSPS) is 25.4. The molecule has 0 spiro atoms. The average molecular weight is 206 g/mol. The quantitative estimate of drug-likeness (QED) is 0.401. The van der Waals surface area contributed by atoms with Gasteiger partial charge in [-0.1, -0.05) is 25.6 Å². The summed E-state index contributed by atoms with van der Waals surface area (Å²) in [6.45, 7) is 6.68. The fraction of sp³-hybridized carbons (Fsp3) is 0.455. The van der Waals surface area contributed by atoms with Crippen LogP contribution >= 0.6 is 0 Å². The molecule has 2 nitrogen and oxygen atoms in total. The second kappa shape index (κ2) is 3.30. The van der Waals surface area contributed by atoms with Crippen molar-refractivity contribution in [2.75, 3.05) is 0 Å². The fourth-order valence-corrected chi connectivity index (χ4v) is 1.75. The molecule has 0 unspecified atom stereocenters. The van der Waals surface area contributed by atoms with E-state index < -0.39 is 8.07 Å². The zero-order chi connectivity index (χ0) is 10.2. The molecule has 1 fully saturated rings. The molecule has 2 atom stereocenters. The average Bonchev–Trinajstić information content (AvgIpc) is 2.65. The van der Waals surface area contributed by atoms with Crippen molar-refractivity contribution in [2.24, 2.45) is 0 Å². The van der Waals surface area contributed by atoms with Crippen LogP contribution in [0.5, 0.6) is 0 Å². The molecule has 1 saturated heterocycles. The van der Waals surface area contributed by atoms with Gasteiger partial charge >= 0.3 is 0 Å². The predicted octanol–water partition coefficient (Wildman–Crippen LogP) is 2.60. The molecule has 0 radical (unpaired) electrons. The first kappa shape index (κ1) is 9.57. The van der Waals surface area contributed by atoms with Gasteiger partial charge in [0.2, 0.25) is 0 Å². The lowest BCUT2D eigenvalue weighted by molar-refractivity contribution is 0.361. The fourth-order valence-electron chi connectivity index (χ4n) is 1.18. The summed E-state index contributed by atoms with van der Waals surface area (Å²) < 4.78 is 10.6. The summed E-state index contributed by atoms with van der Waals surface area (Å²) in [6, 6.07) is 3.81. The molecule has 2 heterocycles. The van der Waals surface area contributed by atoms with E-state index in [1.807, 2.05) is 12.1 Å². The Morgan fingerprint density at radius 3 is 2.71 bits per heavy atom. The van der Waals surface area contributed by atoms with Gasteiger partial charge in [0.1, 0.15) is 13.8 Å². The molecule has 0 amide bonds. The van der Waals surface area contributed by atoms with Crippen LogP contribution in [0.25, 0.3) is 0 Å². The monoisotopic (exact) mass is 206 g/mol. The Morgan fingerprint density at radius 2 is 2.14 bits per heavy atom. The lowest BCUT2D eigenvalue weighted by Gasteiger charge is -2.02. The van der Waals surface area contributed by atoms with Gasteiger partial charge in [-0.25, -0.2) is 0 Å². The summed E-state index contributed by atoms with van der Waals surface area (Å²) in [5.41, 5.74) is 3.30. The van der Waals surface area contributed by atoms with Gasteiger partial charge in [0.25, 0.3) is 0 Å². The lowest BCUT2D eigenvalue weighted by atomic mass is 10.3. The SMILES string of the molecule is C[Si](C)(C)C#C[C@H]1O[C@@H]1c1ccco1. The van der Waals surface area contributed by atoms with Crippen LogP contribution in [0, 0.1) is 11.5 Å². The third-order valence-electron chi connectivity index (χ3n) is 1.90. The number of hydrogen-bond acceptors (Lipinski definition) is 2. The number of hydrogen-bond donors (Lipinski definition) is 0. The van der Waals surface area contributed by atoms with Crippen LogP contribution in [0.15, 0.2) is 22.8 Å². The zero-order valence-electron chi connectivity index (χ0n) is 8.70. The van der Waals surface area contributed by atoms with Gasteiger partial charge in [0.15, 0.2) is 12.2 Å². The first-order chi connectivity index (χ1) is 6.56. The maximum atomic E-state index is 5.41. The Kier molecular flexibility index (Phi) is 2.26. The van der Waals surface area contributed by atoms with Gasteiger partial charge in [0.05, 0.1) is 6.26 Å². The van der Waals surface area contributed by atoms with Crippen LogP contribution in [0.4, 0.5) is 0 Å². The maximum Gasteiger partial charge on any atom is 0.154 e. The molecule has 0 aliphatic carbocycles. The molecule has 1 aromatic heterocycles. The van der Waals surface area contributed by atoms with Crippen molar-refractivity contribution in [3.63, 3.8) is 0 Å². The van der Waals surface area contributed by atoms with Crippen LogP contribution in [0.2, 0.25) is 19.6 Å². The predicted molar refractivity (Wildman–Crippen MR) is 57.4 cm³/mol. The molecule has 0 bridgehead atoms. The van der Waals surface area contributed by atoms with Crippen LogP contribution in [0.3, 0.4) is 0 Å². The zero-order valence-corrected chi connectivity index (χ0v) is 9.70. The minimum Gasteiger partial charge on any atom is -0.466 e. The standard InChI is InChI=1S/C11H14O2Si/c1-14(2,3)8-6-10-11(13-10)9-5-4-7-12-9/h4-5,7,10-11H,1-3H3/t10-,11-/m1/s1. The van der Waals surface area contributed by atoms with Crippen molar-refractivity contribution < 1.29 is 9.15 Å². The van der Waals surface area contributed by atoms with Gasteiger partial charge in [-0.15, -0.1) is 5.54 Å². The van der Waals surface area contributed by atoms with Gasteiger partial charge in [-0.05, 0) is 12.1 Å². The largest absolute Gasteiger partial charge is 0.466 e. The summed E-state index contributed by atoms with van der Waals surface area (Å²) in [6.07, 6.45) is 1.81. The molecule has 0 saturated carbocycles. The first-order valence-corrected chi connectivity index (χ1v) is 8.28. The Morgan fingerprint density at radius 1 is 1.36 bits per heavy atom. The maximum absolute atomic E-state index is 5.41. The number of ether oxygens (including phenoxy) is 1. The molecule has 1 aliphatic rings. The summed E-state index contributed by atoms with van der Waals surface area (Å²) in [5, 5.41) is 0. The van der Waals surface area contributed by atoms with Gasteiger partial charge in [-0.3, -0.25) is 0 Å². The highest BCUT2D eigenvalue weighted by molar-refractivity contribution is 6.83. The van der Waals surface area contributed by atoms with E-state index in [-0.39, 0.29) is 12.2 Å². The van der Waals surface area contributed by atoms with Crippen LogP contribution in [-0.4, -0.2) is 14.2 Å². The van der Waals surface area contributed by atoms with Gasteiger partial charge in [0, 0.05) is 0 Å². The summed E-state index contributed by atoms with van der Waals surface area (Å²) in [7, 11) is -1.27. The molecular formula is C11H14O2Si. The summed E-state index contributed by atoms with van der Waals surface area (Å²) in [5.74, 6) is 4.05. The molecule has 0 aromatic carbocycles. The van der Waals surface area contributed by atoms with Crippen molar-refractivity contribution in [2.45, 2.75) is 31.8 Å². The number of furan rings is 1. The van der Waals surface area contributed by atoms with E-state index in [2.05, 4.69) is 31.1 Å². The van der Waals surface area contributed by atoms with E-state index in [1.165, 1.54) is 0 Å². The van der Waals surface area contributed by atoms with E-state index in [4.69, 9.17) is 9.15 Å². The van der Waals surface area contributed by atoms with Crippen molar-refractivity contribution >= 4 is 8.07 Å². The molecule has 0 N–H and O–H groups in total. The molecule has 2 rings (SSSR count). The van der Waals surface area contributed by atoms with Crippen molar-refractivity contribution in [1.82, 2.24) is 0 Å². The van der Waals surface area contributed by atoms with E-state index in [1.54, 1.807) is 6.26 Å². The third-order valence-corrected chi connectivity index (χ3v) is 2.80. The van der Waals surface area contributed by atoms with Crippen LogP contribution < -0.4 is 0 Å². The lowest BCUT2D eigenvalue weighted by Crippen LogP contribution is -2.16. The van der Waals surface area contributed by atoms with Crippen molar-refractivity contribution in [3.8, 4) is 11.5 Å². The van der Waals surface area contributed by atoms with Crippen molar-refractivity contribution in [3.05, 3.63) is 24.2 Å². The van der Waals surface area contributed by atoms with Gasteiger partial charge in [-0.2, -0.15) is 0 Å². The Balaban J connectivity index is 1.97. The third kappa shape index (κ3) is 2.28.